The second-order valence-corrected chi connectivity index (χ2v) is 6.16. The normalized spacial score (nSPS) is 15.2. The number of benzene rings is 1. The van der Waals surface area contributed by atoms with Gasteiger partial charge >= 0.3 is 0 Å². The second-order valence-electron chi connectivity index (χ2n) is 6.16. The molecule has 0 spiro atoms. The van der Waals surface area contributed by atoms with Crippen LogP contribution in [0.25, 0.3) is 0 Å². The van der Waals surface area contributed by atoms with Crippen molar-refractivity contribution < 1.29 is 4.74 Å². The maximum Gasteiger partial charge on any atom is 0.0775 e. The van der Waals surface area contributed by atoms with Gasteiger partial charge in [-0.2, -0.15) is 0 Å². The van der Waals surface area contributed by atoms with E-state index in [-0.39, 0.29) is 11.5 Å². The molecule has 1 aromatic carbocycles. The van der Waals surface area contributed by atoms with Crippen LogP contribution in [0.15, 0.2) is 30.3 Å². The number of hydrogen-bond donors (Lipinski definition) is 1. The van der Waals surface area contributed by atoms with E-state index in [1.54, 1.807) is 0 Å². The van der Waals surface area contributed by atoms with E-state index in [1.807, 2.05) is 7.05 Å². The minimum absolute atomic E-state index is 0.153. The van der Waals surface area contributed by atoms with Gasteiger partial charge in [0.25, 0.3) is 0 Å². The van der Waals surface area contributed by atoms with Crippen molar-refractivity contribution in [3.63, 3.8) is 0 Å². The lowest BCUT2D eigenvalue weighted by molar-refractivity contribution is -0.0357. The molecule has 0 saturated carbocycles. The highest BCUT2D eigenvalue weighted by molar-refractivity contribution is 5.15. The van der Waals surface area contributed by atoms with Crippen molar-refractivity contribution in [2.45, 2.75) is 52.7 Å². The van der Waals surface area contributed by atoms with Crippen molar-refractivity contribution in [2.24, 2.45) is 5.41 Å². The number of hydrogen-bond acceptors (Lipinski definition) is 2. The standard InChI is InChI=1S/C17H29NO/c1-6-19-16(17(2,3)4)15(18-5)13-12-14-10-8-7-9-11-14/h7-11,15-16,18H,6,12-13H2,1-5H3. The molecular weight excluding hydrogens is 234 g/mol. The molecule has 1 aromatic rings. The predicted octanol–water partition coefficient (Wildman–Crippen LogP) is 3.66. The Labute approximate surface area is 118 Å². The van der Waals surface area contributed by atoms with Crippen LogP contribution >= 0.6 is 0 Å². The Bertz CT molecular complexity index is 342. The number of ether oxygens (including phenoxy) is 1. The summed E-state index contributed by atoms with van der Waals surface area (Å²) in [6.45, 7) is 9.59. The molecule has 0 radical (unpaired) electrons. The van der Waals surface area contributed by atoms with Gasteiger partial charge in [-0.15, -0.1) is 0 Å². The summed E-state index contributed by atoms with van der Waals surface area (Å²) >= 11 is 0. The minimum atomic E-state index is 0.153. The topological polar surface area (TPSA) is 21.3 Å². The minimum Gasteiger partial charge on any atom is -0.376 e. The second kappa shape index (κ2) is 7.66. The Morgan fingerprint density at radius 3 is 2.26 bits per heavy atom. The zero-order chi connectivity index (χ0) is 14.3. The Morgan fingerprint density at radius 2 is 1.79 bits per heavy atom. The van der Waals surface area contributed by atoms with Gasteiger partial charge in [-0.05, 0) is 37.8 Å². The first-order valence-corrected chi connectivity index (χ1v) is 7.31. The fraction of sp³-hybridized carbons (Fsp3) is 0.647. The highest BCUT2D eigenvalue weighted by Gasteiger charge is 2.31. The molecule has 0 bridgehead atoms. The van der Waals surface area contributed by atoms with Crippen LogP contribution in [0.1, 0.15) is 39.7 Å². The molecule has 0 aliphatic rings. The molecule has 0 aromatic heterocycles. The Morgan fingerprint density at radius 1 is 1.16 bits per heavy atom. The third-order valence-corrected chi connectivity index (χ3v) is 3.52. The highest BCUT2D eigenvalue weighted by Crippen LogP contribution is 2.27. The van der Waals surface area contributed by atoms with Gasteiger partial charge < -0.3 is 10.1 Å². The van der Waals surface area contributed by atoms with E-state index < -0.39 is 0 Å². The van der Waals surface area contributed by atoms with Gasteiger partial charge in [-0.3, -0.25) is 0 Å². The third kappa shape index (κ3) is 5.33. The average molecular weight is 263 g/mol. The molecule has 19 heavy (non-hydrogen) atoms. The van der Waals surface area contributed by atoms with Crippen molar-refractivity contribution in [2.75, 3.05) is 13.7 Å². The van der Waals surface area contributed by atoms with Gasteiger partial charge in [0.1, 0.15) is 0 Å². The molecule has 0 aliphatic heterocycles. The van der Waals surface area contributed by atoms with Gasteiger partial charge in [0, 0.05) is 12.6 Å². The first-order valence-electron chi connectivity index (χ1n) is 7.31. The quantitative estimate of drug-likeness (QED) is 0.810. The third-order valence-electron chi connectivity index (χ3n) is 3.52. The van der Waals surface area contributed by atoms with Crippen LogP contribution in [0.3, 0.4) is 0 Å². The van der Waals surface area contributed by atoms with Crippen LogP contribution in [-0.2, 0) is 11.2 Å². The molecule has 0 heterocycles. The van der Waals surface area contributed by atoms with E-state index in [0.717, 1.165) is 19.4 Å². The van der Waals surface area contributed by atoms with E-state index in [2.05, 4.69) is 63.3 Å². The SMILES string of the molecule is CCOC(C(CCc1ccccc1)NC)C(C)(C)C. The largest absolute Gasteiger partial charge is 0.376 e. The van der Waals surface area contributed by atoms with E-state index in [1.165, 1.54) is 5.56 Å². The molecule has 108 valence electrons. The van der Waals surface area contributed by atoms with Crippen molar-refractivity contribution in [3.8, 4) is 0 Å². The smallest absolute Gasteiger partial charge is 0.0775 e. The summed E-state index contributed by atoms with van der Waals surface area (Å²) in [6.07, 6.45) is 2.43. The summed E-state index contributed by atoms with van der Waals surface area (Å²) in [5.41, 5.74) is 1.55. The summed E-state index contributed by atoms with van der Waals surface area (Å²) < 4.78 is 5.99. The van der Waals surface area contributed by atoms with Crippen LogP contribution in [0.4, 0.5) is 0 Å². The number of nitrogens with one attached hydrogen (secondary N) is 1. The highest BCUT2D eigenvalue weighted by atomic mass is 16.5. The van der Waals surface area contributed by atoms with Crippen molar-refractivity contribution in [1.29, 1.82) is 0 Å². The summed E-state index contributed by atoms with van der Waals surface area (Å²) in [6, 6.07) is 11.1. The van der Waals surface area contributed by atoms with Crippen LogP contribution in [0.2, 0.25) is 0 Å². The Balaban J connectivity index is 2.65. The molecule has 0 amide bonds. The van der Waals surface area contributed by atoms with Gasteiger partial charge in [0.2, 0.25) is 0 Å². The molecule has 2 heteroatoms. The molecule has 0 fully saturated rings. The van der Waals surface area contributed by atoms with Gasteiger partial charge in [-0.25, -0.2) is 0 Å². The van der Waals surface area contributed by atoms with Gasteiger partial charge in [0.05, 0.1) is 6.10 Å². The van der Waals surface area contributed by atoms with Gasteiger partial charge in [0.15, 0.2) is 0 Å². The lowest BCUT2D eigenvalue weighted by Gasteiger charge is -2.36. The lowest BCUT2D eigenvalue weighted by atomic mass is 9.82. The van der Waals surface area contributed by atoms with Crippen LogP contribution in [0.5, 0.6) is 0 Å². The first kappa shape index (κ1) is 16.2. The monoisotopic (exact) mass is 263 g/mol. The molecule has 1 rings (SSSR count). The molecule has 0 aliphatic carbocycles. The molecule has 2 atom stereocenters. The van der Waals surface area contributed by atoms with Crippen LogP contribution in [0, 0.1) is 5.41 Å². The number of aryl methyl sites for hydroxylation is 1. The fourth-order valence-electron chi connectivity index (χ4n) is 2.56. The van der Waals surface area contributed by atoms with Gasteiger partial charge in [-0.1, -0.05) is 51.1 Å². The van der Waals surface area contributed by atoms with Crippen molar-refractivity contribution >= 4 is 0 Å². The van der Waals surface area contributed by atoms with Crippen molar-refractivity contribution in [3.05, 3.63) is 35.9 Å². The zero-order valence-electron chi connectivity index (χ0n) is 13.1. The van der Waals surface area contributed by atoms with Crippen molar-refractivity contribution in [1.82, 2.24) is 5.32 Å². The zero-order valence-corrected chi connectivity index (χ0v) is 13.1. The Hall–Kier alpha value is -0.860. The summed E-state index contributed by atoms with van der Waals surface area (Å²) in [4.78, 5) is 0. The van der Waals surface area contributed by atoms with E-state index in [4.69, 9.17) is 4.74 Å². The average Bonchev–Trinajstić information content (AvgIpc) is 2.38. The number of likely N-dealkylation sites (N-methyl/N-ethyl adjacent to an activating group) is 1. The summed E-state index contributed by atoms with van der Waals surface area (Å²) in [7, 11) is 2.04. The molecular formula is C17H29NO. The lowest BCUT2D eigenvalue weighted by Crippen LogP contribution is -2.47. The van der Waals surface area contributed by atoms with E-state index >= 15 is 0 Å². The number of rotatable bonds is 7. The predicted molar refractivity (Wildman–Crippen MR) is 82.5 cm³/mol. The van der Waals surface area contributed by atoms with Crippen LogP contribution < -0.4 is 5.32 Å². The Kier molecular flexibility index (Phi) is 6.53. The molecule has 2 nitrogen and oxygen atoms in total. The maximum atomic E-state index is 5.99. The summed E-state index contributed by atoms with van der Waals surface area (Å²) in [5, 5.41) is 3.44. The first-order chi connectivity index (χ1) is 8.99. The maximum absolute atomic E-state index is 5.99. The molecule has 1 N–H and O–H groups in total. The fourth-order valence-corrected chi connectivity index (χ4v) is 2.56. The van der Waals surface area contributed by atoms with Crippen LogP contribution in [-0.4, -0.2) is 25.8 Å². The summed E-state index contributed by atoms with van der Waals surface area (Å²) in [5.74, 6) is 0. The van der Waals surface area contributed by atoms with E-state index in [9.17, 15) is 0 Å². The molecule has 0 saturated heterocycles. The molecule has 2 unspecified atom stereocenters. The van der Waals surface area contributed by atoms with E-state index in [0.29, 0.717) is 6.04 Å².